The third-order valence-corrected chi connectivity index (χ3v) is 4.12. The summed E-state index contributed by atoms with van der Waals surface area (Å²) in [5.41, 5.74) is 6.50. The minimum absolute atomic E-state index is 0.110. The van der Waals surface area contributed by atoms with Gasteiger partial charge in [0.1, 0.15) is 6.04 Å². The maximum atomic E-state index is 12.6. The zero-order valence-corrected chi connectivity index (χ0v) is 14.9. The Balaban J connectivity index is 2.28. The van der Waals surface area contributed by atoms with E-state index in [1.807, 2.05) is 38.1 Å². The molecule has 0 aliphatic rings. The van der Waals surface area contributed by atoms with E-state index in [1.54, 1.807) is 11.6 Å². The van der Waals surface area contributed by atoms with Gasteiger partial charge < -0.3 is 16.2 Å². The SMILES string of the molecule is CC(O)CCCn1nc(C(=O)NC(C(N)=O)C(C)C)c2ccccc21. The van der Waals surface area contributed by atoms with Crippen molar-refractivity contribution in [3.8, 4) is 0 Å². The number of aliphatic hydroxyl groups excluding tert-OH is 1. The zero-order valence-electron chi connectivity index (χ0n) is 14.9. The third-order valence-electron chi connectivity index (χ3n) is 4.12. The molecule has 0 radical (unpaired) electrons. The number of hydrogen-bond donors (Lipinski definition) is 3. The summed E-state index contributed by atoms with van der Waals surface area (Å²) < 4.78 is 1.77. The molecule has 2 aromatic rings. The largest absolute Gasteiger partial charge is 0.393 e. The Kier molecular flexibility index (Phi) is 6.14. The first-order chi connectivity index (χ1) is 11.8. The topological polar surface area (TPSA) is 110 Å². The van der Waals surface area contributed by atoms with Crippen LogP contribution in [0.5, 0.6) is 0 Å². The molecular formula is C18H26N4O3. The smallest absolute Gasteiger partial charge is 0.273 e. The highest BCUT2D eigenvalue weighted by atomic mass is 16.3. The second-order valence-corrected chi connectivity index (χ2v) is 6.68. The molecule has 136 valence electrons. The Labute approximate surface area is 147 Å². The van der Waals surface area contributed by atoms with E-state index >= 15 is 0 Å². The first kappa shape index (κ1) is 18.9. The molecule has 7 nitrogen and oxygen atoms in total. The second kappa shape index (κ2) is 8.11. The van der Waals surface area contributed by atoms with E-state index in [-0.39, 0.29) is 17.7 Å². The molecule has 25 heavy (non-hydrogen) atoms. The normalized spacial score (nSPS) is 13.8. The van der Waals surface area contributed by atoms with Gasteiger partial charge in [-0.05, 0) is 31.7 Å². The van der Waals surface area contributed by atoms with Crippen LogP contribution in [0.1, 0.15) is 44.1 Å². The van der Waals surface area contributed by atoms with Crippen LogP contribution >= 0.6 is 0 Å². The van der Waals surface area contributed by atoms with Crippen molar-refractivity contribution in [3.05, 3.63) is 30.0 Å². The summed E-state index contributed by atoms with van der Waals surface area (Å²) in [4.78, 5) is 24.2. The van der Waals surface area contributed by atoms with Crippen LogP contribution < -0.4 is 11.1 Å². The van der Waals surface area contributed by atoms with Gasteiger partial charge >= 0.3 is 0 Å². The zero-order chi connectivity index (χ0) is 18.6. The molecule has 0 bridgehead atoms. The molecule has 0 saturated heterocycles. The van der Waals surface area contributed by atoms with Gasteiger partial charge in [0.2, 0.25) is 5.91 Å². The van der Waals surface area contributed by atoms with Crippen LogP contribution in [0.2, 0.25) is 0 Å². The summed E-state index contributed by atoms with van der Waals surface area (Å²) in [6.07, 6.45) is 1.04. The first-order valence-corrected chi connectivity index (χ1v) is 8.55. The summed E-state index contributed by atoms with van der Waals surface area (Å²) in [6.45, 7) is 5.99. The summed E-state index contributed by atoms with van der Waals surface area (Å²) in [5, 5.41) is 17.2. The van der Waals surface area contributed by atoms with Crippen molar-refractivity contribution in [2.24, 2.45) is 11.7 Å². The van der Waals surface area contributed by atoms with Gasteiger partial charge in [0.05, 0.1) is 11.6 Å². The second-order valence-electron chi connectivity index (χ2n) is 6.68. The van der Waals surface area contributed by atoms with Gasteiger partial charge in [-0.1, -0.05) is 32.0 Å². The maximum absolute atomic E-state index is 12.6. The number of nitrogens with one attached hydrogen (secondary N) is 1. The fourth-order valence-electron chi connectivity index (χ4n) is 2.78. The Morgan fingerprint density at radius 2 is 1.96 bits per heavy atom. The molecule has 0 spiro atoms. The average molecular weight is 346 g/mol. The Hall–Kier alpha value is -2.41. The lowest BCUT2D eigenvalue weighted by molar-refractivity contribution is -0.120. The molecule has 0 fully saturated rings. The summed E-state index contributed by atoms with van der Waals surface area (Å²) in [7, 11) is 0. The van der Waals surface area contributed by atoms with Gasteiger partial charge in [-0.25, -0.2) is 0 Å². The molecule has 2 amide bonds. The molecular weight excluding hydrogens is 320 g/mol. The van der Waals surface area contributed by atoms with Crippen LogP contribution in [0.4, 0.5) is 0 Å². The third kappa shape index (κ3) is 4.57. The van der Waals surface area contributed by atoms with Gasteiger partial charge in [0, 0.05) is 11.9 Å². The number of primary amides is 1. The summed E-state index contributed by atoms with van der Waals surface area (Å²) >= 11 is 0. The van der Waals surface area contributed by atoms with Gasteiger partial charge in [-0.15, -0.1) is 0 Å². The molecule has 0 aliphatic heterocycles. The number of fused-ring (bicyclic) bond motifs is 1. The van der Waals surface area contributed by atoms with Gasteiger partial charge in [-0.2, -0.15) is 5.10 Å². The number of nitrogens with two attached hydrogens (primary N) is 1. The fourth-order valence-corrected chi connectivity index (χ4v) is 2.78. The molecule has 2 atom stereocenters. The molecule has 0 aliphatic carbocycles. The van der Waals surface area contributed by atoms with Gasteiger partial charge in [0.15, 0.2) is 5.69 Å². The average Bonchev–Trinajstić information content (AvgIpc) is 2.90. The van der Waals surface area contributed by atoms with Crippen molar-refractivity contribution in [1.82, 2.24) is 15.1 Å². The predicted molar refractivity (Wildman–Crippen MR) is 95.9 cm³/mol. The molecule has 2 rings (SSSR count). The van der Waals surface area contributed by atoms with E-state index in [0.29, 0.717) is 13.0 Å². The van der Waals surface area contributed by atoms with Gasteiger partial charge in [-0.3, -0.25) is 14.3 Å². The molecule has 1 aromatic heterocycles. The van der Waals surface area contributed by atoms with Crippen molar-refractivity contribution >= 4 is 22.7 Å². The fraction of sp³-hybridized carbons (Fsp3) is 0.500. The standard InChI is InChI=1S/C18H26N4O3/c1-11(2)15(17(19)24)20-18(25)16-13-8-4-5-9-14(13)22(21-16)10-6-7-12(3)23/h4-5,8-9,11-12,15,23H,6-7,10H2,1-3H3,(H2,19,24)(H,20,25). The number of amides is 2. The Morgan fingerprint density at radius 3 is 2.56 bits per heavy atom. The highest BCUT2D eigenvalue weighted by Crippen LogP contribution is 2.19. The molecule has 1 heterocycles. The monoisotopic (exact) mass is 346 g/mol. The van der Waals surface area contributed by atoms with Crippen LogP contribution in [0.15, 0.2) is 24.3 Å². The van der Waals surface area contributed by atoms with E-state index in [0.717, 1.165) is 17.3 Å². The molecule has 4 N–H and O–H groups in total. The quantitative estimate of drug-likeness (QED) is 0.671. The number of carbonyl (C=O) groups excluding carboxylic acids is 2. The molecule has 1 aromatic carbocycles. The first-order valence-electron chi connectivity index (χ1n) is 8.55. The van der Waals surface area contributed by atoms with Crippen LogP contribution in [0.25, 0.3) is 10.9 Å². The lowest BCUT2D eigenvalue weighted by Gasteiger charge is -2.18. The van der Waals surface area contributed by atoms with Crippen LogP contribution in [-0.2, 0) is 11.3 Å². The predicted octanol–water partition coefficient (Wildman–Crippen LogP) is 1.44. The van der Waals surface area contributed by atoms with Crippen LogP contribution in [-0.4, -0.2) is 38.8 Å². The summed E-state index contributed by atoms with van der Waals surface area (Å²) in [5.74, 6) is -1.09. The maximum Gasteiger partial charge on any atom is 0.273 e. The number of aliphatic hydroxyl groups is 1. The molecule has 2 unspecified atom stereocenters. The number of hydrogen-bond acceptors (Lipinski definition) is 4. The van der Waals surface area contributed by atoms with Crippen molar-refractivity contribution in [1.29, 1.82) is 0 Å². The van der Waals surface area contributed by atoms with E-state index in [1.165, 1.54) is 0 Å². The number of carbonyl (C=O) groups is 2. The number of rotatable bonds is 8. The van der Waals surface area contributed by atoms with Crippen LogP contribution in [0, 0.1) is 5.92 Å². The minimum Gasteiger partial charge on any atom is -0.393 e. The lowest BCUT2D eigenvalue weighted by Crippen LogP contribution is -2.47. The highest BCUT2D eigenvalue weighted by Gasteiger charge is 2.25. The molecule has 7 heteroatoms. The van der Waals surface area contributed by atoms with E-state index in [9.17, 15) is 14.7 Å². The number of aromatic nitrogens is 2. The number of nitrogens with zero attached hydrogens (tertiary/aromatic N) is 2. The Morgan fingerprint density at radius 1 is 1.28 bits per heavy atom. The van der Waals surface area contributed by atoms with Crippen molar-refractivity contribution in [2.45, 2.75) is 52.3 Å². The van der Waals surface area contributed by atoms with Crippen LogP contribution in [0.3, 0.4) is 0 Å². The van der Waals surface area contributed by atoms with E-state index < -0.39 is 17.9 Å². The highest BCUT2D eigenvalue weighted by molar-refractivity contribution is 6.06. The van der Waals surface area contributed by atoms with E-state index in [4.69, 9.17) is 5.73 Å². The molecule has 0 saturated carbocycles. The Bertz CT molecular complexity index is 752. The number of para-hydroxylation sites is 1. The minimum atomic E-state index is -0.744. The number of aryl methyl sites for hydroxylation is 1. The van der Waals surface area contributed by atoms with Crippen molar-refractivity contribution < 1.29 is 14.7 Å². The van der Waals surface area contributed by atoms with E-state index in [2.05, 4.69) is 10.4 Å². The number of benzene rings is 1. The van der Waals surface area contributed by atoms with Crippen molar-refractivity contribution in [3.63, 3.8) is 0 Å². The van der Waals surface area contributed by atoms with Gasteiger partial charge in [0.25, 0.3) is 5.91 Å². The van der Waals surface area contributed by atoms with Crippen molar-refractivity contribution in [2.75, 3.05) is 0 Å². The summed E-state index contributed by atoms with van der Waals surface area (Å²) in [6, 6.07) is 6.71. The lowest BCUT2D eigenvalue weighted by atomic mass is 10.0.